The maximum Gasteiger partial charge on any atom is 0.159 e. The Kier molecular flexibility index (Phi) is 4.92. The van der Waals surface area contributed by atoms with Gasteiger partial charge in [-0.1, -0.05) is 23.2 Å². The van der Waals surface area contributed by atoms with Crippen molar-refractivity contribution in [2.24, 2.45) is 0 Å². The molecule has 5 nitrogen and oxygen atoms in total. The first-order valence-corrected chi connectivity index (χ1v) is 8.05. The molecular weight excluding hydrogens is 364 g/mol. The molecule has 0 bridgehead atoms. The molecule has 0 aliphatic carbocycles. The fraction of sp³-hybridized carbons (Fsp3) is 0.0588. The molecule has 0 atom stereocenters. The van der Waals surface area contributed by atoms with Crippen LogP contribution in [0, 0.1) is 12.7 Å². The standard InChI is InChI=1S/C17H14Cl2FN5/c1-9-6-10(18)2-5-14(9)25-17-15(21)16(22-8-23-17)24-11-3-4-13(20)12(19)7-11/h2-8H,21H2,1H3,(H2,22,23,24,25). The number of anilines is 5. The van der Waals surface area contributed by atoms with E-state index >= 15 is 0 Å². The van der Waals surface area contributed by atoms with Crippen molar-refractivity contribution >= 4 is 51.9 Å². The molecule has 0 saturated heterocycles. The minimum absolute atomic E-state index is 0.00719. The summed E-state index contributed by atoms with van der Waals surface area (Å²) in [5.41, 5.74) is 8.80. The van der Waals surface area contributed by atoms with E-state index < -0.39 is 5.82 Å². The first kappa shape index (κ1) is 17.3. The molecule has 0 spiro atoms. The molecule has 1 aromatic heterocycles. The quantitative estimate of drug-likeness (QED) is 0.574. The SMILES string of the molecule is Cc1cc(Cl)ccc1Nc1ncnc(Nc2ccc(F)c(Cl)c2)c1N. The highest BCUT2D eigenvalue weighted by atomic mass is 35.5. The van der Waals surface area contributed by atoms with Crippen LogP contribution in [0.15, 0.2) is 42.7 Å². The van der Waals surface area contributed by atoms with Crippen LogP contribution in [0.2, 0.25) is 10.0 Å². The van der Waals surface area contributed by atoms with Gasteiger partial charge in [0.05, 0.1) is 5.02 Å². The van der Waals surface area contributed by atoms with Gasteiger partial charge in [-0.05, 0) is 48.9 Å². The lowest BCUT2D eigenvalue weighted by molar-refractivity contribution is 0.628. The number of halogens is 3. The highest BCUT2D eigenvalue weighted by Crippen LogP contribution is 2.30. The van der Waals surface area contributed by atoms with Gasteiger partial charge in [-0.3, -0.25) is 0 Å². The molecule has 0 unspecified atom stereocenters. The van der Waals surface area contributed by atoms with E-state index in [-0.39, 0.29) is 5.02 Å². The first-order chi connectivity index (χ1) is 11.9. The Morgan fingerprint density at radius 3 is 2.40 bits per heavy atom. The number of aryl methyl sites for hydroxylation is 1. The van der Waals surface area contributed by atoms with Gasteiger partial charge >= 0.3 is 0 Å². The van der Waals surface area contributed by atoms with E-state index in [1.54, 1.807) is 12.1 Å². The van der Waals surface area contributed by atoms with Gasteiger partial charge in [-0.25, -0.2) is 14.4 Å². The monoisotopic (exact) mass is 377 g/mol. The number of nitrogens with one attached hydrogen (secondary N) is 2. The third-order valence-corrected chi connectivity index (χ3v) is 4.03. The van der Waals surface area contributed by atoms with Crippen LogP contribution >= 0.6 is 23.2 Å². The van der Waals surface area contributed by atoms with Crippen LogP contribution in [-0.2, 0) is 0 Å². The predicted molar refractivity (Wildman–Crippen MR) is 101 cm³/mol. The van der Waals surface area contributed by atoms with Crippen molar-refractivity contribution in [1.29, 1.82) is 0 Å². The molecule has 0 radical (unpaired) electrons. The van der Waals surface area contributed by atoms with E-state index in [4.69, 9.17) is 28.9 Å². The molecule has 8 heteroatoms. The lowest BCUT2D eigenvalue weighted by Crippen LogP contribution is -2.05. The molecule has 0 saturated carbocycles. The minimum atomic E-state index is -0.497. The summed E-state index contributed by atoms with van der Waals surface area (Å²) in [6, 6.07) is 9.70. The normalized spacial score (nSPS) is 10.6. The Bertz CT molecular complexity index is 933. The molecule has 2 aromatic carbocycles. The van der Waals surface area contributed by atoms with Crippen molar-refractivity contribution in [3.05, 3.63) is 64.2 Å². The summed E-state index contributed by atoms with van der Waals surface area (Å²) in [4.78, 5) is 8.28. The Morgan fingerprint density at radius 2 is 1.72 bits per heavy atom. The summed E-state index contributed by atoms with van der Waals surface area (Å²) in [5.74, 6) is 0.325. The van der Waals surface area contributed by atoms with Crippen LogP contribution in [0.5, 0.6) is 0 Å². The number of nitrogen functional groups attached to an aromatic ring is 1. The number of nitrogens with two attached hydrogens (primary N) is 1. The zero-order valence-corrected chi connectivity index (χ0v) is 14.7. The number of hydrogen-bond acceptors (Lipinski definition) is 5. The van der Waals surface area contributed by atoms with Crippen LogP contribution in [0.3, 0.4) is 0 Å². The second kappa shape index (κ2) is 7.13. The van der Waals surface area contributed by atoms with E-state index in [0.717, 1.165) is 11.3 Å². The van der Waals surface area contributed by atoms with E-state index in [0.29, 0.717) is 28.0 Å². The number of benzene rings is 2. The number of nitrogens with zero attached hydrogens (tertiary/aromatic N) is 2. The van der Waals surface area contributed by atoms with Crippen LogP contribution < -0.4 is 16.4 Å². The maximum absolute atomic E-state index is 13.3. The third kappa shape index (κ3) is 3.92. The van der Waals surface area contributed by atoms with E-state index in [1.165, 1.54) is 18.5 Å². The van der Waals surface area contributed by atoms with Crippen LogP contribution in [-0.4, -0.2) is 9.97 Å². The molecule has 3 rings (SSSR count). The van der Waals surface area contributed by atoms with Crippen molar-refractivity contribution < 1.29 is 4.39 Å². The first-order valence-electron chi connectivity index (χ1n) is 7.30. The van der Waals surface area contributed by atoms with Crippen molar-refractivity contribution in [3.8, 4) is 0 Å². The summed E-state index contributed by atoms with van der Waals surface area (Å²) < 4.78 is 13.3. The summed E-state index contributed by atoms with van der Waals surface area (Å²) in [6.45, 7) is 1.92. The average molecular weight is 378 g/mol. The fourth-order valence-electron chi connectivity index (χ4n) is 2.20. The predicted octanol–water partition coefficient (Wildman–Crippen LogP) is 5.30. The Hall–Kier alpha value is -2.57. The number of rotatable bonds is 4. The van der Waals surface area contributed by atoms with Crippen LogP contribution in [0.25, 0.3) is 0 Å². The van der Waals surface area contributed by atoms with Gasteiger partial charge in [0.25, 0.3) is 0 Å². The summed E-state index contributed by atoms with van der Waals surface area (Å²) in [5, 5.41) is 6.81. The minimum Gasteiger partial charge on any atom is -0.393 e. The smallest absolute Gasteiger partial charge is 0.159 e. The molecule has 0 fully saturated rings. The van der Waals surface area contributed by atoms with Crippen molar-refractivity contribution in [2.45, 2.75) is 6.92 Å². The number of hydrogen-bond donors (Lipinski definition) is 3. The van der Waals surface area contributed by atoms with Gasteiger partial charge in [-0.2, -0.15) is 0 Å². The highest BCUT2D eigenvalue weighted by molar-refractivity contribution is 6.31. The van der Waals surface area contributed by atoms with Gasteiger partial charge in [0.15, 0.2) is 11.6 Å². The second-order valence-electron chi connectivity index (χ2n) is 5.32. The lowest BCUT2D eigenvalue weighted by atomic mass is 10.2. The van der Waals surface area contributed by atoms with Crippen molar-refractivity contribution in [3.63, 3.8) is 0 Å². The maximum atomic E-state index is 13.3. The molecule has 25 heavy (non-hydrogen) atoms. The molecular formula is C17H14Cl2FN5. The molecule has 3 aromatic rings. The van der Waals surface area contributed by atoms with Gasteiger partial charge in [0.1, 0.15) is 17.8 Å². The molecule has 1 heterocycles. The summed E-state index contributed by atoms with van der Waals surface area (Å²) in [7, 11) is 0. The zero-order valence-electron chi connectivity index (χ0n) is 13.1. The Balaban J connectivity index is 1.87. The van der Waals surface area contributed by atoms with Crippen molar-refractivity contribution in [2.75, 3.05) is 16.4 Å². The van der Waals surface area contributed by atoms with E-state index in [1.807, 2.05) is 19.1 Å². The lowest BCUT2D eigenvalue weighted by Gasteiger charge is -2.14. The molecule has 0 aliphatic rings. The van der Waals surface area contributed by atoms with Gasteiger partial charge in [0, 0.05) is 16.4 Å². The molecule has 0 aliphatic heterocycles. The van der Waals surface area contributed by atoms with Crippen molar-refractivity contribution in [1.82, 2.24) is 9.97 Å². The number of aromatic nitrogens is 2. The molecule has 4 N–H and O–H groups in total. The largest absolute Gasteiger partial charge is 0.393 e. The van der Waals surface area contributed by atoms with Crippen LogP contribution in [0.1, 0.15) is 5.56 Å². The third-order valence-electron chi connectivity index (χ3n) is 3.51. The molecule has 128 valence electrons. The van der Waals surface area contributed by atoms with E-state index in [9.17, 15) is 4.39 Å². The van der Waals surface area contributed by atoms with E-state index in [2.05, 4.69) is 20.6 Å². The average Bonchev–Trinajstić information content (AvgIpc) is 2.57. The molecule has 0 amide bonds. The second-order valence-corrected chi connectivity index (χ2v) is 6.17. The van der Waals surface area contributed by atoms with Gasteiger partial charge in [0.2, 0.25) is 0 Å². The van der Waals surface area contributed by atoms with Crippen LogP contribution in [0.4, 0.5) is 33.1 Å². The Morgan fingerprint density at radius 1 is 1.00 bits per heavy atom. The zero-order chi connectivity index (χ0) is 18.0. The topological polar surface area (TPSA) is 75.9 Å². The fourth-order valence-corrected chi connectivity index (χ4v) is 2.61. The summed E-state index contributed by atoms with van der Waals surface area (Å²) >= 11 is 11.8. The highest BCUT2D eigenvalue weighted by Gasteiger charge is 2.11. The Labute approximate surface area is 154 Å². The van der Waals surface area contributed by atoms with Gasteiger partial charge < -0.3 is 16.4 Å². The summed E-state index contributed by atoms with van der Waals surface area (Å²) in [6.07, 6.45) is 1.37. The van der Waals surface area contributed by atoms with Gasteiger partial charge in [-0.15, -0.1) is 0 Å².